The summed E-state index contributed by atoms with van der Waals surface area (Å²) < 4.78 is 24.5. The number of halogens is 1. The Hall–Kier alpha value is -3.30. The Morgan fingerprint density at radius 2 is 2.00 bits per heavy atom. The van der Waals surface area contributed by atoms with Crippen LogP contribution in [-0.2, 0) is 14.3 Å². The fourth-order valence-corrected chi connectivity index (χ4v) is 4.21. The van der Waals surface area contributed by atoms with E-state index in [9.17, 15) is 19.1 Å². The normalized spacial score (nSPS) is 20.9. The number of amides is 1. The van der Waals surface area contributed by atoms with Gasteiger partial charge in [-0.2, -0.15) is 0 Å². The molecule has 2 aliphatic rings. The monoisotopic (exact) mass is 455 g/mol. The van der Waals surface area contributed by atoms with E-state index in [0.29, 0.717) is 31.9 Å². The smallest absolute Gasteiger partial charge is 0.295 e. The Bertz CT molecular complexity index is 1050. The molecule has 2 aromatic rings. The van der Waals surface area contributed by atoms with Crippen molar-refractivity contribution in [1.29, 1.82) is 0 Å². The number of aromatic nitrogens is 1. The molecule has 1 N–H and O–H groups in total. The average Bonchev–Trinajstić information content (AvgIpc) is 3.10. The Balaban J connectivity index is 1.66. The number of methoxy groups -OCH3 is 1. The minimum atomic E-state index is -0.860. The van der Waals surface area contributed by atoms with Crippen molar-refractivity contribution in [3.63, 3.8) is 0 Å². The van der Waals surface area contributed by atoms with Crippen LogP contribution < -0.4 is 4.74 Å². The summed E-state index contributed by atoms with van der Waals surface area (Å²) in [5.41, 5.74) is 0.439. The van der Waals surface area contributed by atoms with Gasteiger partial charge in [0.25, 0.3) is 11.7 Å². The molecule has 0 radical (unpaired) electrons. The van der Waals surface area contributed by atoms with Crippen molar-refractivity contribution in [1.82, 2.24) is 14.8 Å². The summed E-state index contributed by atoms with van der Waals surface area (Å²) in [6, 6.07) is 8.21. The molecule has 8 nitrogen and oxygen atoms in total. The van der Waals surface area contributed by atoms with Gasteiger partial charge in [-0.05, 0) is 36.8 Å². The van der Waals surface area contributed by atoms with Gasteiger partial charge < -0.3 is 19.5 Å². The van der Waals surface area contributed by atoms with Crippen molar-refractivity contribution < 1.29 is 28.6 Å². The molecular formula is C24H26FN3O5. The summed E-state index contributed by atoms with van der Waals surface area (Å²) >= 11 is 0. The lowest BCUT2D eigenvalue weighted by Crippen LogP contribution is -2.39. The van der Waals surface area contributed by atoms with Crippen LogP contribution in [0.2, 0.25) is 0 Å². The van der Waals surface area contributed by atoms with Crippen molar-refractivity contribution in [2.75, 3.05) is 46.5 Å². The number of ketones is 1. The number of likely N-dealkylation sites (tertiary alicyclic amines) is 1. The molecule has 1 aromatic heterocycles. The summed E-state index contributed by atoms with van der Waals surface area (Å²) in [5, 5.41) is 11.0. The molecule has 1 atom stereocenters. The van der Waals surface area contributed by atoms with Crippen LogP contribution in [0.5, 0.6) is 5.75 Å². The van der Waals surface area contributed by atoms with Gasteiger partial charge in [0.05, 0.1) is 31.6 Å². The van der Waals surface area contributed by atoms with Gasteiger partial charge in [0, 0.05) is 37.9 Å². The summed E-state index contributed by atoms with van der Waals surface area (Å²) in [6.45, 7) is 4.08. The number of rotatable bonds is 7. The highest BCUT2D eigenvalue weighted by Crippen LogP contribution is 2.39. The second-order valence-electron chi connectivity index (χ2n) is 7.90. The SMILES string of the molecule is COc1ccc(/C(O)=C2\C(=O)C(=O)N(CCCN3CCOCC3)[C@H]2c2ccccn2)cc1F. The average molecular weight is 455 g/mol. The molecule has 2 fully saturated rings. The predicted molar refractivity (Wildman–Crippen MR) is 118 cm³/mol. The van der Waals surface area contributed by atoms with Crippen LogP contribution in [0.25, 0.3) is 5.76 Å². The quantitative estimate of drug-likeness (QED) is 0.389. The number of ether oxygens (including phenoxy) is 2. The highest BCUT2D eigenvalue weighted by molar-refractivity contribution is 6.46. The maximum atomic E-state index is 14.3. The molecule has 3 heterocycles. The number of carbonyl (C=O) groups excluding carboxylic acids is 2. The molecule has 2 aliphatic heterocycles. The van der Waals surface area contributed by atoms with E-state index in [1.165, 1.54) is 24.1 Å². The molecule has 0 aliphatic carbocycles. The molecule has 1 amide bonds. The third-order valence-corrected chi connectivity index (χ3v) is 5.91. The minimum Gasteiger partial charge on any atom is -0.507 e. The van der Waals surface area contributed by atoms with Gasteiger partial charge in [-0.25, -0.2) is 4.39 Å². The fraction of sp³-hybridized carbons (Fsp3) is 0.375. The third-order valence-electron chi connectivity index (χ3n) is 5.91. The minimum absolute atomic E-state index is 0.0105. The van der Waals surface area contributed by atoms with Crippen LogP contribution in [-0.4, -0.2) is 78.1 Å². The summed E-state index contributed by atoms with van der Waals surface area (Å²) in [6.07, 6.45) is 2.21. The summed E-state index contributed by atoms with van der Waals surface area (Å²) in [5.74, 6) is -2.64. The van der Waals surface area contributed by atoms with E-state index >= 15 is 0 Å². The van der Waals surface area contributed by atoms with Crippen molar-refractivity contribution in [2.45, 2.75) is 12.5 Å². The van der Waals surface area contributed by atoms with Gasteiger partial charge in [0.15, 0.2) is 11.6 Å². The molecule has 4 rings (SSSR count). The molecule has 33 heavy (non-hydrogen) atoms. The lowest BCUT2D eigenvalue weighted by atomic mass is 9.98. The first kappa shape index (κ1) is 22.9. The number of aliphatic hydroxyl groups is 1. The molecule has 1 aromatic carbocycles. The molecule has 0 bridgehead atoms. The van der Waals surface area contributed by atoms with Gasteiger partial charge in [-0.3, -0.25) is 19.5 Å². The largest absolute Gasteiger partial charge is 0.507 e. The number of nitrogens with zero attached hydrogens (tertiary/aromatic N) is 3. The number of pyridine rings is 1. The zero-order valence-electron chi connectivity index (χ0n) is 18.4. The predicted octanol–water partition coefficient (Wildman–Crippen LogP) is 2.37. The zero-order chi connectivity index (χ0) is 23.4. The van der Waals surface area contributed by atoms with Gasteiger partial charge in [0.2, 0.25) is 0 Å². The van der Waals surface area contributed by atoms with Gasteiger partial charge in [-0.15, -0.1) is 0 Å². The highest BCUT2D eigenvalue weighted by atomic mass is 19.1. The maximum Gasteiger partial charge on any atom is 0.295 e. The maximum absolute atomic E-state index is 14.3. The first-order valence-corrected chi connectivity index (χ1v) is 10.8. The zero-order valence-corrected chi connectivity index (χ0v) is 18.4. The van der Waals surface area contributed by atoms with E-state index < -0.39 is 29.3 Å². The standard InChI is InChI=1S/C24H26FN3O5/c1-32-19-7-6-16(15-17(19)25)22(29)20-21(18-5-2-3-8-26-18)28(24(31)23(20)30)10-4-9-27-11-13-33-14-12-27/h2-3,5-8,15,21,29H,4,9-14H2,1H3/b22-20+/t21-/m0/s1. The summed E-state index contributed by atoms with van der Waals surface area (Å²) in [4.78, 5) is 34.0. The van der Waals surface area contributed by atoms with Crippen molar-refractivity contribution in [3.05, 3.63) is 65.2 Å². The van der Waals surface area contributed by atoms with Crippen molar-refractivity contribution in [3.8, 4) is 5.75 Å². The Morgan fingerprint density at radius 3 is 2.67 bits per heavy atom. The van der Waals surface area contributed by atoms with Crippen LogP contribution >= 0.6 is 0 Å². The van der Waals surface area contributed by atoms with Gasteiger partial charge >= 0.3 is 0 Å². The van der Waals surface area contributed by atoms with E-state index in [1.807, 2.05) is 0 Å². The van der Waals surface area contributed by atoms with Crippen LogP contribution in [0.3, 0.4) is 0 Å². The second-order valence-corrected chi connectivity index (χ2v) is 7.90. The third kappa shape index (κ3) is 4.74. The topological polar surface area (TPSA) is 92.2 Å². The Labute approximate surface area is 191 Å². The van der Waals surface area contributed by atoms with Crippen LogP contribution in [0.1, 0.15) is 23.7 Å². The van der Waals surface area contributed by atoms with Gasteiger partial charge in [-0.1, -0.05) is 6.07 Å². The van der Waals surface area contributed by atoms with Crippen LogP contribution in [0.4, 0.5) is 4.39 Å². The molecular weight excluding hydrogens is 429 g/mol. The number of morpholine rings is 1. The molecule has 0 unspecified atom stereocenters. The number of carbonyl (C=O) groups is 2. The van der Waals surface area contributed by atoms with E-state index in [0.717, 1.165) is 25.7 Å². The van der Waals surface area contributed by atoms with Crippen molar-refractivity contribution >= 4 is 17.4 Å². The molecule has 0 saturated carbocycles. The van der Waals surface area contributed by atoms with Gasteiger partial charge in [0.1, 0.15) is 11.8 Å². The Kier molecular flexibility index (Phi) is 7.00. The van der Waals surface area contributed by atoms with E-state index in [-0.39, 0.29) is 16.9 Å². The number of benzene rings is 1. The lowest BCUT2D eigenvalue weighted by molar-refractivity contribution is -0.140. The molecule has 9 heteroatoms. The Morgan fingerprint density at radius 1 is 1.21 bits per heavy atom. The molecule has 2 saturated heterocycles. The lowest BCUT2D eigenvalue weighted by Gasteiger charge is -2.28. The molecule has 174 valence electrons. The van der Waals surface area contributed by atoms with Crippen LogP contribution in [0, 0.1) is 5.82 Å². The number of aliphatic hydroxyl groups excluding tert-OH is 1. The fourth-order valence-electron chi connectivity index (χ4n) is 4.21. The molecule has 0 spiro atoms. The summed E-state index contributed by atoms with van der Waals surface area (Å²) in [7, 11) is 1.33. The number of Topliss-reactive ketones (excluding diaryl/α,β-unsaturated/α-hetero) is 1. The van der Waals surface area contributed by atoms with E-state index in [1.54, 1.807) is 24.4 Å². The van der Waals surface area contributed by atoms with E-state index in [2.05, 4.69) is 9.88 Å². The first-order chi connectivity index (χ1) is 16.0. The highest BCUT2D eigenvalue weighted by Gasteiger charge is 2.46. The van der Waals surface area contributed by atoms with E-state index in [4.69, 9.17) is 9.47 Å². The van der Waals surface area contributed by atoms with Crippen molar-refractivity contribution in [2.24, 2.45) is 0 Å². The second kappa shape index (κ2) is 10.1. The first-order valence-electron chi connectivity index (χ1n) is 10.8. The van der Waals surface area contributed by atoms with Crippen LogP contribution in [0.15, 0.2) is 48.2 Å². The number of hydrogen-bond acceptors (Lipinski definition) is 7. The number of hydrogen-bond donors (Lipinski definition) is 1.